The number of amides is 1. The zero-order valence-electron chi connectivity index (χ0n) is 16.3. The highest BCUT2D eigenvalue weighted by molar-refractivity contribution is 6.02. The van der Waals surface area contributed by atoms with E-state index in [0.29, 0.717) is 0 Å². The highest BCUT2D eigenvalue weighted by atomic mass is 16.3. The maximum absolute atomic E-state index is 13.2. The quantitative estimate of drug-likeness (QED) is 0.824. The molecule has 0 aliphatic carbocycles. The smallest absolute Gasteiger partial charge is 0.232 e. The van der Waals surface area contributed by atoms with Crippen molar-refractivity contribution >= 4 is 11.7 Å². The average molecular weight is 365 g/mol. The Bertz CT molecular complexity index is 769. The zero-order valence-corrected chi connectivity index (χ0v) is 16.3. The molecule has 0 saturated carbocycles. The number of carbonyl (C=O) groups excluding carboxylic acids is 2. The first-order valence-electron chi connectivity index (χ1n) is 9.38. The van der Waals surface area contributed by atoms with Crippen molar-refractivity contribution in [2.24, 2.45) is 11.3 Å². The van der Waals surface area contributed by atoms with Crippen molar-refractivity contribution in [2.75, 3.05) is 0 Å². The molecule has 0 unspecified atom stereocenters. The fourth-order valence-corrected chi connectivity index (χ4v) is 3.81. The third-order valence-corrected chi connectivity index (χ3v) is 5.22. The number of nitrogens with zero attached hydrogens (tertiary/aromatic N) is 1. The lowest BCUT2D eigenvalue weighted by atomic mass is 9.72. The third-order valence-electron chi connectivity index (χ3n) is 5.22. The van der Waals surface area contributed by atoms with E-state index >= 15 is 0 Å². The van der Waals surface area contributed by atoms with Gasteiger partial charge in [0, 0.05) is 5.41 Å². The van der Waals surface area contributed by atoms with E-state index in [-0.39, 0.29) is 17.7 Å². The number of aliphatic hydroxyl groups excluding tert-OH is 1. The van der Waals surface area contributed by atoms with Crippen molar-refractivity contribution in [3.05, 3.63) is 71.8 Å². The minimum Gasteiger partial charge on any atom is -0.392 e. The van der Waals surface area contributed by atoms with Crippen LogP contribution in [0.1, 0.15) is 44.9 Å². The Morgan fingerprint density at radius 2 is 1.41 bits per heavy atom. The number of hydrogen-bond acceptors (Lipinski definition) is 3. The topological polar surface area (TPSA) is 57.6 Å². The van der Waals surface area contributed by atoms with Gasteiger partial charge in [0.25, 0.3) is 0 Å². The number of ketones is 1. The van der Waals surface area contributed by atoms with E-state index < -0.39 is 23.5 Å². The summed E-state index contributed by atoms with van der Waals surface area (Å²) in [6.45, 7) is 7.16. The SMILES string of the molecule is C[C@@H](O)[C@H]1C(=O)N(C(c2ccccc2)c2ccccc2)[C@H]1C(=O)C(C)(C)C. The molecule has 27 heavy (non-hydrogen) atoms. The van der Waals surface area contributed by atoms with Crippen molar-refractivity contribution in [3.8, 4) is 0 Å². The van der Waals surface area contributed by atoms with Gasteiger partial charge in [-0.25, -0.2) is 0 Å². The predicted octanol–water partition coefficient (Wildman–Crippen LogP) is 3.60. The van der Waals surface area contributed by atoms with Gasteiger partial charge in [-0.1, -0.05) is 81.4 Å². The molecule has 3 atom stereocenters. The maximum Gasteiger partial charge on any atom is 0.232 e. The Labute approximate surface area is 160 Å². The number of hydrogen-bond donors (Lipinski definition) is 1. The van der Waals surface area contributed by atoms with E-state index in [0.717, 1.165) is 11.1 Å². The molecule has 0 radical (unpaired) electrons. The fourth-order valence-electron chi connectivity index (χ4n) is 3.81. The second-order valence-electron chi connectivity index (χ2n) is 8.29. The summed E-state index contributed by atoms with van der Waals surface area (Å²) in [5.41, 5.74) is 1.30. The Balaban J connectivity index is 2.10. The molecule has 1 amide bonds. The van der Waals surface area contributed by atoms with Gasteiger partial charge in [0.15, 0.2) is 5.78 Å². The van der Waals surface area contributed by atoms with Crippen LogP contribution in [0.4, 0.5) is 0 Å². The van der Waals surface area contributed by atoms with Gasteiger partial charge in [-0.15, -0.1) is 0 Å². The minimum atomic E-state index is -0.864. The molecule has 1 heterocycles. The summed E-state index contributed by atoms with van der Waals surface area (Å²) >= 11 is 0. The van der Waals surface area contributed by atoms with Crippen molar-refractivity contribution in [3.63, 3.8) is 0 Å². The number of Topliss-reactive ketones (excluding diaryl/α,β-unsaturated/α-hetero) is 1. The molecule has 1 saturated heterocycles. The van der Waals surface area contributed by atoms with E-state index in [1.807, 2.05) is 81.4 Å². The number of likely N-dealkylation sites (tertiary alicyclic amines) is 1. The molecule has 1 aliphatic heterocycles. The molecule has 0 aromatic heterocycles. The fraction of sp³-hybridized carbons (Fsp3) is 0.391. The van der Waals surface area contributed by atoms with Crippen LogP contribution in [0.2, 0.25) is 0 Å². The summed E-state index contributed by atoms with van der Waals surface area (Å²) in [4.78, 5) is 27.9. The minimum absolute atomic E-state index is 0.0233. The highest BCUT2D eigenvalue weighted by Gasteiger charge is 2.57. The lowest BCUT2D eigenvalue weighted by Crippen LogP contribution is -2.69. The Morgan fingerprint density at radius 1 is 0.963 bits per heavy atom. The normalized spacial score (nSPS) is 21.1. The summed E-state index contributed by atoms with van der Waals surface area (Å²) in [5, 5.41) is 10.2. The van der Waals surface area contributed by atoms with Crippen LogP contribution in [0, 0.1) is 11.3 Å². The lowest BCUT2D eigenvalue weighted by Gasteiger charge is -2.52. The average Bonchev–Trinajstić information content (AvgIpc) is 2.63. The molecule has 1 aliphatic rings. The molecule has 1 fully saturated rings. The van der Waals surface area contributed by atoms with Crippen molar-refractivity contribution < 1.29 is 14.7 Å². The van der Waals surface area contributed by atoms with Crippen molar-refractivity contribution in [2.45, 2.75) is 45.9 Å². The summed E-state index contributed by atoms with van der Waals surface area (Å²) in [5.74, 6) is -0.887. The largest absolute Gasteiger partial charge is 0.392 e. The van der Waals surface area contributed by atoms with Gasteiger partial charge in [0.1, 0.15) is 6.04 Å². The summed E-state index contributed by atoms with van der Waals surface area (Å²) < 4.78 is 0. The van der Waals surface area contributed by atoms with Gasteiger partial charge in [-0.2, -0.15) is 0 Å². The molecule has 4 heteroatoms. The van der Waals surface area contributed by atoms with Gasteiger partial charge in [-0.05, 0) is 18.1 Å². The molecule has 142 valence electrons. The van der Waals surface area contributed by atoms with E-state index in [9.17, 15) is 14.7 Å². The van der Waals surface area contributed by atoms with Gasteiger partial charge in [0.2, 0.25) is 5.91 Å². The van der Waals surface area contributed by atoms with E-state index in [1.165, 1.54) is 0 Å². The van der Waals surface area contributed by atoms with Crippen molar-refractivity contribution in [1.29, 1.82) is 0 Å². The molecule has 0 spiro atoms. The standard InChI is InChI=1S/C23H27NO3/c1-15(25)18-20(21(26)23(2,3)4)24(22(18)27)19(16-11-7-5-8-12-16)17-13-9-6-10-14-17/h5-15,18-20,25H,1-4H3/t15-,18-,20-/m1/s1. The van der Waals surface area contributed by atoms with Crippen LogP contribution in [0.5, 0.6) is 0 Å². The Kier molecular flexibility index (Phi) is 5.20. The number of β-lactam (4-membered cyclic amide) rings is 1. The highest BCUT2D eigenvalue weighted by Crippen LogP contribution is 2.43. The van der Waals surface area contributed by atoms with Crippen LogP contribution in [0.15, 0.2) is 60.7 Å². The lowest BCUT2D eigenvalue weighted by molar-refractivity contribution is -0.175. The van der Waals surface area contributed by atoms with Crippen LogP contribution in [-0.2, 0) is 9.59 Å². The number of aliphatic hydroxyl groups is 1. The third kappa shape index (κ3) is 3.54. The molecule has 3 rings (SSSR count). The van der Waals surface area contributed by atoms with E-state index in [4.69, 9.17) is 0 Å². The second kappa shape index (κ2) is 7.28. The maximum atomic E-state index is 13.2. The van der Waals surface area contributed by atoms with Crippen molar-refractivity contribution in [1.82, 2.24) is 4.90 Å². The molecule has 4 nitrogen and oxygen atoms in total. The molecule has 1 N–H and O–H groups in total. The van der Waals surface area contributed by atoms with Crippen LogP contribution < -0.4 is 0 Å². The molecule has 0 bridgehead atoms. The van der Waals surface area contributed by atoms with Gasteiger partial charge in [-0.3, -0.25) is 9.59 Å². The first kappa shape index (κ1) is 19.3. The van der Waals surface area contributed by atoms with Crippen LogP contribution >= 0.6 is 0 Å². The van der Waals surface area contributed by atoms with Crippen LogP contribution in [0.25, 0.3) is 0 Å². The Morgan fingerprint density at radius 3 is 1.78 bits per heavy atom. The summed E-state index contributed by atoms with van der Waals surface area (Å²) in [6.07, 6.45) is -0.864. The molecule has 2 aromatic carbocycles. The first-order chi connectivity index (χ1) is 12.7. The molecule has 2 aromatic rings. The molecular formula is C23H27NO3. The van der Waals surface area contributed by atoms with Crippen LogP contribution in [0.3, 0.4) is 0 Å². The predicted molar refractivity (Wildman–Crippen MR) is 105 cm³/mol. The molecular weight excluding hydrogens is 338 g/mol. The van der Waals surface area contributed by atoms with E-state index in [2.05, 4.69) is 0 Å². The van der Waals surface area contributed by atoms with Gasteiger partial charge in [0.05, 0.1) is 18.1 Å². The Hall–Kier alpha value is -2.46. The number of carbonyl (C=O) groups is 2. The van der Waals surface area contributed by atoms with Gasteiger partial charge < -0.3 is 10.0 Å². The summed E-state index contributed by atoms with van der Waals surface area (Å²) in [6, 6.07) is 18.5. The van der Waals surface area contributed by atoms with Crippen LogP contribution in [-0.4, -0.2) is 33.8 Å². The van der Waals surface area contributed by atoms with Gasteiger partial charge >= 0.3 is 0 Å². The number of benzene rings is 2. The number of rotatable bonds is 5. The van der Waals surface area contributed by atoms with E-state index in [1.54, 1.807) is 11.8 Å². The monoisotopic (exact) mass is 365 g/mol. The second-order valence-corrected chi connectivity index (χ2v) is 8.29. The summed E-state index contributed by atoms with van der Waals surface area (Å²) in [7, 11) is 0. The zero-order chi connectivity index (χ0) is 19.8. The first-order valence-corrected chi connectivity index (χ1v) is 9.38.